The average Bonchev–Trinajstić information content (AvgIpc) is 2.41. The fourth-order valence-corrected chi connectivity index (χ4v) is 2.00. The minimum absolute atomic E-state index is 0.553. The number of aromatic nitrogens is 2. The summed E-state index contributed by atoms with van der Waals surface area (Å²) in [5.41, 5.74) is 14.0. The Hall–Kier alpha value is -1.23. The number of pyridine rings is 1. The number of rotatable bonds is 1. The highest BCUT2D eigenvalue weighted by Gasteiger charge is 2.10. The Morgan fingerprint density at radius 3 is 2.86 bits per heavy atom. The normalized spacial score (nSPS) is 11.0. The van der Waals surface area contributed by atoms with E-state index in [9.17, 15) is 0 Å². The van der Waals surface area contributed by atoms with Crippen LogP contribution in [0.25, 0.3) is 5.65 Å². The standard InChI is InChI=1S/C9H11BrN4/c1-2-7-8(12)13-9-6(11)3-5(10)4-14(7)9/h3-4H,2,11-12H2,1H3. The van der Waals surface area contributed by atoms with Gasteiger partial charge in [-0.3, -0.25) is 4.40 Å². The summed E-state index contributed by atoms with van der Waals surface area (Å²) in [4.78, 5) is 4.22. The summed E-state index contributed by atoms with van der Waals surface area (Å²) in [6.45, 7) is 2.04. The van der Waals surface area contributed by atoms with Crippen LogP contribution < -0.4 is 11.5 Å². The molecule has 0 aliphatic rings. The number of anilines is 2. The van der Waals surface area contributed by atoms with Gasteiger partial charge in [0.15, 0.2) is 5.65 Å². The van der Waals surface area contributed by atoms with E-state index in [0.717, 1.165) is 22.2 Å². The van der Waals surface area contributed by atoms with Crippen molar-refractivity contribution in [3.8, 4) is 0 Å². The smallest absolute Gasteiger partial charge is 0.162 e. The van der Waals surface area contributed by atoms with Gasteiger partial charge in [0.05, 0.1) is 11.4 Å². The second-order valence-electron chi connectivity index (χ2n) is 3.10. The van der Waals surface area contributed by atoms with Gasteiger partial charge >= 0.3 is 0 Å². The van der Waals surface area contributed by atoms with Crippen molar-refractivity contribution in [3.63, 3.8) is 0 Å². The van der Waals surface area contributed by atoms with Crippen molar-refractivity contribution < 1.29 is 0 Å². The van der Waals surface area contributed by atoms with Gasteiger partial charge in [0.25, 0.3) is 0 Å². The molecule has 0 saturated carbocycles. The van der Waals surface area contributed by atoms with E-state index < -0.39 is 0 Å². The number of nitrogens with zero attached hydrogens (tertiary/aromatic N) is 2. The maximum atomic E-state index is 5.83. The van der Waals surface area contributed by atoms with E-state index in [1.807, 2.05) is 23.6 Å². The predicted octanol–water partition coefficient (Wildman–Crippen LogP) is 1.82. The molecule has 0 fully saturated rings. The fraction of sp³-hybridized carbons (Fsp3) is 0.222. The van der Waals surface area contributed by atoms with Crippen molar-refractivity contribution in [2.24, 2.45) is 0 Å². The van der Waals surface area contributed by atoms with Crippen molar-refractivity contribution >= 4 is 33.1 Å². The summed E-state index contributed by atoms with van der Waals surface area (Å²) in [6, 6.07) is 1.82. The van der Waals surface area contributed by atoms with Crippen LogP contribution in [0.3, 0.4) is 0 Å². The van der Waals surface area contributed by atoms with Crippen LogP contribution in [0.4, 0.5) is 11.5 Å². The number of fused-ring (bicyclic) bond motifs is 1. The van der Waals surface area contributed by atoms with E-state index in [1.54, 1.807) is 0 Å². The van der Waals surface area contributed by atoms with E-state index in [4.69, 9.17) is 11.5 Å². The van der Waals surface area contributed by atoms with Crippen LogP contribution in [0.15, 0.2) is 16.7 Å². The molecule has 74 valence electrons. The summed E-state index contributed by atoms with van der Waals surface area (Å²) >= 11 is 3.39. The lowest BCUT2D eigenvalue weighted by Crippen LogP contribution is -1.96. The molecule has 0 spiro atoms. The molecule has 2 aromatic heterocycles. The van der Waals surface area contributed by atoms with Crippen molar-refractivity contribution in [1.29, 1.82) is 0 Å². The zero-order valence-corrected chi connectivity index (χ0v) is 9.37. The fourth-order valence-electron chi connectivity index (χ4n) is 1.55. The highest BCUT2D eigenvalue weighted by Crippen LogP contribution is 2.23. The Bertz CT molecular complexity index is 489. The molecule has 0 aromatic carbocycles. The number of nitrogens with two attached hydrogens (primary N) is 2. The molecule has 2 heterocycles. The first-order chi connectivity index (χ1) is 6.63. The molecule has 0 bridgehead atoms. The number of hydrogen-bond acceptors (Lipinski definition) is 3. The SMILES string of the molecule is CCc1c(N)nc2c(N)cc(Br)cn12. The van der Waals surface area contributed by atoms with Crippen molar-refractivity contribution in [3.05, 3.63) is 22.4 Å². The third-order valence-corrected chi connectivity index (χ3v) is 2.61. The molecule has 0 unspecified atom stereocenters. The molecule has 0 amide bonds. The van der Waals surface area contributed by atoms with E-state index in [2.05, 4.69) is 20.9 Å². The van der Waals surface area contributed by atoms with Crippen molar-refractivity contribution in [2.45, 2.75) is 13.3 Å². The first kappa shape index (κ1) is 9.33. The molecular formula is C9H11BrN4. The molecule has 0 atom stereocenters. The number of hydrogen-bond donors (Lipinski definition) is 2. The van der Waals surface area contributed by atoms with Gasteiger partial charge in [-0.15, -0.1) is 0 Å². The molecule has 14 heavy (non-hydrogen) atoms. The van der Waals surface area contributed by atoms with Crippen LogP contribution in [0.5, 0.6) is 0 Å². The first-order valence-electron chi connectivity index (χ1n) is 4.35. The summed E-state index contributed by atoms with van der Waals surface area (Å²) < 4.78 is 2.85. The van der Waals surface area contributed by atoms with Crippen LogP contribution in [-0.2, 0) is 6.42 Å². The summed E-state index contributed by atoms with van der Waals surface area (Å²) in [5.74, 6) is 0.553. The van der Waals surface area contributed by atoms with Crippen LogP contribution in [0.2, 0.25) is 0 Å². The van der Waals surface area contributed by atoms with Crippen LogP contribution in [0, 0.1) is 0 Å². The van der Waals surface area contributed by atoms with Gasteiger partial charge in [0.1, 0.15) is 5.82 Å². The molecule has 2 rings (SSSR count). The van der Waals surface area contributed by atoms with E-state index in [1.165, 1.54) is 0 Å². The maximum Gasteiger partial charge on any atom is 0.162 e. The van der Waals surface area contributed by atoms with Gasteiger partial charge < -0.3 is 11.5 Å². The first-order valence-corrected chi connectivity index (χ1v) is 5.14. The quantitative estimate of drug-likeness (QED) is 0.816. The Morgan fingerprint density at radius 1 is 1.50 bits per heavy atom. The molecule has 0 aliphatic heterocycles. The van der Waals surface area contributed by atoms with Crippen LogP contribution in [0.1, 0.15) is 12.6 Å². The van der Waals surface area contributed by atoms with Crippen LogP contribution >= 0.6 is 15.9 Å². The summed E-state index contributed by atoms with van der Waals surface area (Å²) in [5, 5.41) is 0. The third-order valence-electron chi connectivity index (χ3n) is 2.18. The minimum Gasteiger partial charge on any atom is -0.396 e. The Balaban J connectivity index is 2.87. The van der Waals surface area contributed by atoms with Gasteiger partial charge in [0, 0.05) is 10.7 Å². The highest BCUT2D eigenvalue weighted by molar-refractivity contribution is 9.10. The lowest BCUT2D eigenvalue weighted by atomic mass is 10.3. The Labute approximate surface area is 90.0 Å². The molecule has 0 radical (unpaired) electrons. The molecule has 5 heteroatoms. The van der Waals surface area contributed by atoms with Crippen molar-refractivity contribution in [2.75, 3.05) is 11.5 Å². The third kappa shape index (κ3) is 1.24. The molecule has 0 aliphatic carbocycles. The molecule has 0 saturated heterocycles. The zero-order valence-electron chi connectivity index (χ0n) is 7.79. The second kappa shape index (κ2) is 3.16. The predicted molar refractivity (Wildman–Crippen MR) is 61.1 cm³/mol. The lowest BCUT2D eigenvalue weighted by molar-refractivity contribution is 0.996. The Kier molecular flexibility index (Phi) is 2.11. The zero-order chi connectivity index (χ0) is 10.3. The number of halogens is 1. The van der Waals surface area contributed by atoms with Crippen molar-refractivity contribution in [1.82, 2.24) is 9.38 Å². The van der Waals surface area contributed by atoms with Gasteiger partial charge in [-0.2, -0.15) is 0 Å². The lowest BCUT2D eigenvalue weighted by Gasteiger charge is -2.01. The second-order valence-corrected chi connectivity index (χ2v) is 4.02. The largest absolute Gasteiger partial charge is 0.396 e. The highest BCUT2D eigenvalue weighted by atomic mass is 79.9. The van der Waals surface area contributed by atoms with Gasteiger partial charge in [-0.25, -0.2) is 4.98 Å². The number of nitrogen functional groups attached to an aromatic ring is 2. The topological polar surface area (TPSA) is 69.3 Å². The minimum atomic E-state index is 0.553. The Morgan fingerprint density at radius 2 is 2.21 bits per heavy atom. The van der Waals surface area contributed by atoms with Crippen LogP contribution in [-0.4, -0.2) is 9.38 Å². The van der Waals surface area contributed by atoms with Gasteiger partial charge in [0.2, 0.25) is 0 Å². The van der Waals surface area contributed by atoms with E-state index in [-0.39, 0.29) is 0 Å². The molecule has 4 nitrogen and oxygen atoms in total. The monoisotopic (exact) mass is 254 g/mol. The summed E-state index contributed by atoms with van der Waals surface area (Å²) in [7, 11) is 0. The van der Waals surface area contributed by atoms with E-state index >= 15 is 0 Å². The molecular weight excluding hydrogens is 244 g/mol. The molecule has 2 aromatic rings. The maximum absolute atomic E-state index is 5.83. The molecule has 4 N–H and O–H groups in total. The summed E-state index contributed by atoms with van der Waals surface area (Å²) in [6.07, 6.45) is 2.76. The number of imidazole rings is 1. The van der Waals surface area contributed by atoms with E-state index in [0.29, 0.717) is 11.5 Å². The van der Waals surface area contributed by atoms with Gasteiger partial charge in [-0.1, -0.05) is 6.92 Å². The number of aryl methyl sites for hydroxylation is 1. The van der Waals surface area contributed by atoms with Gasteiger partial charge in [-0.05, 0) is 28.4 Å². The average molecular weight is 255 g/mol.